The maximum absolute atomic E-state index is 13.7. The molecule has 0 spiro atoms. The van der Waals surface area contributed by atoms with Crippen molar-refractivity contribution in [1.29, 1.82) is 0 Å². The second-order valence-corrected chi connectivity index (χ2v) is 5.03. The normalized spacial score (nSPS) is 14.0. The number of halogens is 2. The lowest BCUT2D eigenvalue weighted by atomic mass is 10.2. The summed E-state index contributed by atoms with van der Waals surface area (Å²) in [5.74, 6) is 0.00240. The number of para-hydroxylation sites is 1. The fourth-order valence-corrected chi connectivity index (χ4v) is 2.10. The number of hydrogen-bond acceptors (Lipinski definition) is 4. The van der Waals surface area contributed by atoms with Crippen LogP contribution >= 0.6 is 0 Å². The van der Waals surface area contributed by atoms with Crippen molar-refractivity contribution in [2.45, 2.75) is 25.7 Å². The predicted molar refractivity (Wildman–Crippen MR) is 77.8 cm³/mol. The van der Waals surface area contributed by atoms with Gasteiger partial charge in [0.25, 0.3) is 0 Å². The van der Waals surface area contributed by atoms with E-state index < -0.39 is 11.6 Å². The zero-order chi connectivity index (χ0) is 14.8. The summed E-state index contributed by atoms with van der Waals surface area (Å²) in [4.78, 5) is 8.67. The number of aromatic nitrogens is 2. The van der Waals surface area contributed by atoms with Crippen LogP contribution in [0.3, 0.4) is 0 Å². The predicted octanol–water partition coefficient (Wildman–Crippen LogP) is 3.81. The molecule has 1 aliphatic carbocycles. The average molecular weight is 290 g/mol. The highest BCUT2D eigenvalue weighted by Gasteiger charge is 2.26. The van der Waals surface area contributed by atoms with Gasteiger partial charge < -0.3 is 10.6 Å². The van der Waals surface area contributed by atoms with E-state index in [-0.39, 0.29) is 5.69 Å². The van der Waals surface area contributed by atoms with Gasteiger partial charge in [-0.1, -0.05) is 6.07 Å². The van der Waals surface area contributed by atoms with Crippen molar-refractivity contribution in [2.75, 3.05) is 17.2 Å². The molecular formula is C15H16F2N4. The molecule has 3 rings (SSSR count). The van der Waals surface area contributed by atoms with Crippen LogP contribution in [0.4, 0.5) is 26.2 Å². The Balaban J connectivity index is 1.93. The van der Waals surface area contributed by atoms with E-state index in [1.165, 1.54) is 18.2 Å². The molecule has 1 aliphatic rings. The first-order valence-corrected chi connectivity index (χ1v) is 7.01. The minimum atomic E-state index is -0.647. The first kappa shape index (κ1) is 13.7. The van der Waals surface area contributed by atoms with Gasteiger partial charge in [0.1, 0.15) is 23.1 Å². The number of rotatable bonds is 5. The third kappa shape index (κ3) is 3.09. The number of hydrogen-bond donors (Lipinski definition) is 2. The van der Waals surface area contributed by atoms with Crippen molar-refractivity contribution >= 4 is 17.5 Å². The average Bonchev–Trinajstić information content (AvgIpc) is 3.28. The molecule has 1 aromatic heterocycles. The van der Waals surface area contributed by atoms with Crippen LogP contribution in [-0.4, -0.2) is 16.5 Å². The van der Waals surface area contributed by atoms with E-state index in [1.54, 1.807) is 6.07 Å². The summed E-state index contributed by atoms with van der Waals surface area (Å²) in [5, 5.41) is 5.76. The Labute approximate surface area is 121 Å². The Morgan fingerprint density at radius 2 is 1.90 bits per heavy atom. The standard InChI is InChI=1S/C15H16F2N4/c1-2-18-15-19-12(9-6-7-9)8-13(21-15)20-14-10(16)4-3-5-11(14)17/h3-5,8-9H,2,6-7H2,1H3,(H2,18,19,20,21). The Morgan fingerprint density at radius 3 is 2.52 bits per heavy atom. The minimum Gasteiger partial charge on any atom is -0.354 e. The number of nitrogens with one attached hydrogen (secondary N) is 2. The quantitative estimate of drug-likeness (QED) is 0.879. The van der Waals surface area contributed by atoms with Crippen LogP contribution in [0.25, 0.3) is 0 Å². The lowest BCUT2D eigenvalue weighted by Crippen LogP contribution is -2.07. The van der Waals surface area contributed by atoms with E-state index >= 15 is 0 Å². The lowest BCUT2D eigenvalue weighted by molar-refractivity contribution is 0.590. The molecular weight excluding hydrogens is 274 g/mol. The van der Waals surface area contributed by atoms with Gasteiger partial charge in [0.15, 0.2) is 0 Å². The fraction of sp³-hybridized carbons (Fsp3) is 0.333. The van der Waals surface area contributed by atoms with Gasteiger partial charge in [-0.05, 0) is 31.9 Å². The molecule has 0 atom stereocenters. The van der Waals surface area contributed by atoms with Crippen molar-refractivity contribution in [2.24, 2.45) is 0 Å². The topological polar surface area (TPSA) is 49.8 Å². The molecule has 1 heterocycles. The molecule has 2 N–H and O–H groups in total. The molecule has 0 amide bonds. The Bertz CT molecular complexity index is 636. The lowest BCUT2D eigenvalue weighted by Gasteiger charge is -2.11. The van der Waals surface area contributed by atoms with Gasteiger partial charge in [-0.25, -0.2) is 13.8 Å². The molecule has 110 valence electrons. The van der Waals surface area contributed by atoms with E-state index in [0.29, 0.717) is 24.2 Å². The smallest absolute Gasteiger partial charge is 0.224 e. The Morgan fingerprint density at radius 1 is 1.19 bits per heavy atom. The third-order valence-electron chi connectivity index (χ3n) is 3.29. The van der Waals surface area contributed by atoms with Crippen molar-refractivity contribution in [3.8, 4) is 0 Å². The third-order valence-corrected chi connectivity index (χ3v) is 3.29. The SMILES string of the molecule is CCNc1nc(Nc2c(F)cccc2F)cc(C2CC2)n1. The maximum atomic E-state index is 13.7. The number of benzene rings is 1. The molecule has 1 aromatic carbocycles. The van der Waals surface area contributed by atoms with Crippen LogP contribution in [0.2, 0.25) is 0 Å². The largest absolute Gasteiger partial charge is 0.354 e. The van der Waals surface area contributed by atoms with Crippen LogP contribution in [-0.2, 0) is 0 Å². The van der Waals surface area contributed by atoms with E-state index in [4.69, 9.17) is 0 Å². The molecule has 0 saturated heterocycles. The molecule has 1 saturated carbocycles. The Hall–Kier alpha value is -2.24. The number of anilines is 3. The van der Waals surface area contributed by atoms with E-state index in [9.17, 15) is 8.78 Å². The highest BCUT2D eigenvalue weighted by Crippen LogP contribution is 2.40. The van der Waals surface area contributed by atoms with Gasteiger partial charge in [0.2, 0.25) is 5.95 Å². The first-order valence-electron chi connectivity index (χ1n) is 7.01. The molecule has 4 nitrogen and oxygen atoms in total. The molecule has 0 aliphatic heterocycles. The van der Waals surface area contributed by atoms with Gasteiger partial charge in [-0.2, -0.15) is 4.98 Å². The molecule has 21 heavy (non-hydrogen) atoms. The van der Waals surface area contributed by atoms with Crippen LogP contribution in [0, 0.1) is 11.6 Å². The first-order chi connectivity index (χ1) is 10.2. The van der Waals surface area contributed by atoms with Crippen molar-refractivity contribution < 1.29 is 8.78 Å². The highest BCUT2D eigenvalue weighted by atomic mass is 19.1. The molecule has 2 aromatic rings. The zero-order valence-electron chi connectivity index (χ0n) is 11.7. The molecule has 6 heteroatoms. The van der Waals surface area contributed by atoms with E-state index in [1.807, 2.05) is 6.92 Å². The second-order valence-electron chi connectivity index (χ2n) is 5.03. The summed E-state index contributed by atoms with van der Waals surface area (Å²) in [7, 11) is 0. The summed E-state index contributed by atoms with van der Waals surface area (Å²) in [5.41, 5.74) is 0.709. The summed E-state index contributed by atoms with van der Waals surface area (Å²) < 4.78 is 27.4. The van der Waals surface area contributed by atoms with Gasteiger partial charge in [-0.15, -0.1) is 0 Å². The Kier molecular flexibility index (Phi) is 3.68. The van der Waals surface area contributed by atoms with Gasteiger partial charge in [0.05, 0.1) is 5.69 Å². The minimum absolute atomic E-state index is 0.194. The van der Waals surface area contributed by atoms with Gasteiger partial charge in [0, 0.05) is 18.5 Å². The van der Waals surface area contributed by atoms with Crippen molar-refractivity contribution in [1.82, 2.24) is 9.97 Å². The van der Waals surface area contributed by atoms with Crippen LogP contribution in [0.1, 0.15) is 31.4 Å². The van der Waals surface area contributed by atoms with Crippen LogP contribution in [0.5, 0.6) is 0 Å². The second kappa shape index (κ2) is 5.63. The van der Waals surface area contributed by atoms with Crippen molar-refractivity contribution in [3.05, 3.63) is 41.6 Å². The monoisotopic (exact) mass is 290 g/mol. The molecule has 0 radical (unpaired) electrons. The summed E-state index contributed by atoms with van der Waals surface area (Å²) in [6.07, 6.45) is 2.19. The highest BCUT2D eigenvalue weighted by molar-refractivity contribution is 5.59. The number of nitrogens with zero attached hydrogens (tertiary/aromatic N) is 2. The fourth-order valence-electron chi connectivity index (χ4n) is 2.10. The van der Waals surface area contributed by atoms with E-state index in [2.05, 4.69) is 20.6 Å². The van der Waals surface area contributed by atoms with Crippen LogP contribution < -0.4 is 10.6 Å². The van der Waals surface area contributed by atoms with Gasteiger partial charge in [-0.3, -0.25) is 0 Å². The summed E-state index contributed by atoms with van der Waals surface area (Å²) in [6.45, 7) is 2.62. The molecule has 1 fully saturated rings. The summed E-state index contributed by atoms with van der Waals surface area (Å²) >= 11 is 0. The van der Waals surface area contributed by atoms with E-state index in [0.717, 1.165) is 18.5 Å². The maximum Gasteiger partial charge on any atom is 0.224 e. The zero-order valence-corrected chi connectivity index (χ0v) is 11.7. The molecule has 0 bridgehead atoms. The summed E-state index contributed by atoms with van der Waals surface area (Å²) in [6, 6.07) is 5.50. The molecule has 0 unspecified atom stereocenters. The van der Waals surface area contributed by atoms with Crippen LogP contribution in [0.15, 0.2) is 24.3 Å². The van der Waals surface area contributed by atoms with Gasteiger partial charge >= 0.3 is 0 Å². The van der Waals surface area contributed by atoms with Crippen molar-refractivity contribution in [3.63, 3.8) is 0 Å².